The first-order chi connectivity index (χ1) is 12.1. The second kappa shape index (κ2) is 5.84. The van der Waals surface area contributed by atoms with Crippen molar-refractivity contribution in [2.24, 2.45) is 0 Å². The number of benzene rings is 2. The van der Waals surface area contributed by atoms with Gasteiger partial charge in [0.25, 0.3) is 5.52 Å². The van der Waals surface area contributed by atoms with Gasteiger partial charge in [-0.15, -0.1) is 0 Å². The molecule has 2 heterocycles. The van der Waals surface area contributed by atoms with Crippen LogP contribution in [0.3, 0.4) is 0 Å². The van der Waals surface area contributed by atoms with Gasteiger partial charge in [-0.2, -0.15) is 5.10 Å². The van der Waals surface area contributed by atoms with E-state index in [4.69, 9.17) is 4.84 Å². The van der Waals surface area contributed by atoms with Gasteiger partial charge in [-0.3, -0.25) is 9.94 Å². The van der Waals surface area contributed by atoms with Crippen LogP contribution in [-0.4, -0.2) is 17.3 Å². The molecule has 0 spiro atoms. The molecule has 1 N–H and O–H groups in total. The van der Waals surface area contributed by atoms with Gasteiger partial charge in [0.2, 0.25) is 6.20 Å². The zero-order valence-electron chi connectivity index (χ0n) is 14.4. The standard InChI is InChI=1S/C20H18FN3O/c1-12(2)17-11-24(25-3)19-9-18-14(10-22-23-18)8-16(19)20(17)13-4-6-15(21)7-5-13/h4-12H,1-3H3/p+1. The monoisotopic (exact) mass is 336 g/mol. The normalized spacial score (nSPS) is 11.6. The van der Waals surface area contributed by atoms with E-state index in [0.717, 1.165) is 38.5 Å². The Kier molecular flexibility index (Phi) is 3.64. The number of nitrogens with one attached hydrogen (secondary N) is 1. The summed E-state index contributed by atoms with van der Waals surface area (Å²) in [6.07, 6.45) is 3.82. The highest BCUT2D eigenvalue weighted by atomic mass is 19.1. The average Bonchev–Trinajstić information content (AvgIpc) is 3.06. The molecule has 0 saturated heterocycles. The van der Waals surface area contributed by atoms with Crippen LogP contribution in [-0.2, 0) is 0 Å². The third-order valence-electron chi connectivity index (χ3n) is 4.56. The number of nitrogens with zero attached hydrogens (tertiary/aromatic N) is 2. The first kappa shape index (κ1) is 15.6. The van der Waals surface area contributed by atoms with E-state index in [1.807, 2.05) is 30.6 Å². The Morgan fingerprint density at radius 1 is 1.16 bits per heavy atom. The van der Waals surface area contributed by atoms with Gasteiger partial charge < -0.3 is 0 Å². The molecule has 4 nitrogen and oxygen atoms in total. The van der Waals surface area contributed by atoms with E-state index >= 15 is 0 Å². The van der Waals surface area contributed by atoms with Crippen LogP contribution in [0.25, 0.3) is 32.9 Å². The number of rotatable bonds is 3. The van der Waals surface area contributed by atoms with Gasteiger partial charge >= 0.3 is 0 Å². The Balaban J connectivity index is 2.16. The summed E-state index contributed by atoms with van der Waals surface area (Å²) in [5.74, 6) is 0.0464. The highest BCUT2D eigenvalue weighted by molar-refractivity contribution is 6.01. The van der Waals surface area contributed by atoms with E-state index in [-0.39, 0.29) is 11.7 Å². The van der Waals surface area contributed by atoms with Gasteiger partial charge in [-0.1, -0.05) is 26.0 Å². The predicted octanol–water partition coefficient (Wildman–Crippen LogP) is 3.99. The van der Waals surface area contributed by atoms with Crippen LogP contribution >= 0.6 is 0 Å². The number of hydrogen-bond acceptors (Lipinski definition) is 2. The molecule has 2 aromatic carbocycles. The van der Waals surface area contributed by atoms with Gasteiger partial charge in [-0.05, 0) is 29.7 Å². The maximum absolute atomic E-state index is 13.4. The Morgan fingerprint density at radius 2 is 1.92 bits per heavy atom. The molecule has 0 unspecified atom stereocenters. The molecule has 126 valence electrons. The number of H-pyrrole nitrogens is 1. The number of aromatic nitrogens is 3. The lowest BCUT2D eigenvalue weighted by Gasteiger charge is -2.14. The minimum atomic E-state index is -0.237. The molecule has 25 heavy (non-hydrogen) atoms. The quantitative estimate of drug-likeness (QED) is 0.575. The molecule has 4 rings (SSSR count). The first-order valence-electron chi connectivity index (χ1n) is 8.24. The number of halogens is 1. The summed E-state index contributed by atoms with van der Waals surface area (Å²) in [6, 6.07) is 10.8. The van der Waals surface area contributed by atoms with Crippen molar-refractivity contribution in [1.82, 2.24) is 10.2 Å². The van der Waals surface area contributed by atoms with Gasteiger partial charge in [-0.25, -0.2) is 4.39 Å². The Labute approximate surface area is 144 Å². The topological polar surface area (TPSA) is 41.8 Å². The van der Waals surface area contributed by atoms with E-state index in [0.29, 0.717) is 0 Å². The lowest BCUT2D eigenvalue weighted by molar-refractivity contribution is -0.865. The Bertz CT molecular complexity index is 1070. The third kappa shape index (κ3) is 2.52. The molecule has 0 saturated carbocycles. The Morgan fingerprint density at radius 3 is 2.60 bits per heavy atom. The molecule has 0 bridgehead atoms. The van der Waals surface area contributed by atoms with Crippen molar-refractivity contribution in [3.63, 3.8) is 0 Å². The highest BCUT2D eigenvalue weighted by Gasteiger charge is 2.23. The van der Waals surface area contributed by atoms with Crippen molar-refractivity contribution in [3.8, 4) is 11.1 Å². The van der Waals surface area contributed by atoms with Crippen LogP contribution in [0.4, 0.5) is 4.39 Å². The molecule has 0 aliphatic heterocycles. The van der Waals surface area contributed by atoms with Crippen LogP contribution < -0.4 is 9.57 Å². The zero-order chi connectivity index (χ0) is 17.6. The maximum atomic E-state index is 13.4. The van der Waals surface area contributed by atoms with E-state index < -0.39 is 0 Å². The summed E-state index contributed by atoms with van der Waals surface area (Å²) in [5.41, 5.74) is 5.11. The lowest BCUT2D eigenvalue weighted by atomic mass is 9.90. The van der Waals surface area contributed by atoms with E-state index in [2.05, 4.69) is 30.1 Å². The fourth-order valence-electron chi connectivity index (χ4n) is 3.31. The van der Waals surface area contributed by atoms with Gasteiger partial charge in [0, 0.05) is 27.3 Å². The summed E-state index contributed by atoms with van der Waals surface area (Å²) >= 11 is 0. The molecule has 0 aliphatic rings. The number of hydrogen-bond donors (Lipinski definition) is 1. The minimum absolute atomic E-state index is 0.237. The maximum Gasteiger partial charge on any atom is 0.267 e. The molecule has 2 aromatic heterocycles. The molecule has 0 atom stereocenters. The van der Waals surface area contributed by atoms with Crippen LogP contribution in [0, 0.1) is 5.82 Å². The molecule has 0 radical (unpaired) electrons. The van der Waals surface area contributed by atoms with Crippen molar-refractivity contribution < 1.29 is 14.0 Å². The van der Waals surface area contributed by atoms with Crippen molar-refractivity contribution in [2.45, 2.75) is 19.8 Å². The fourth-order valence-corrected chi connectivity index (χ4v) is 3.31. The van der Waals surface area contributed by atoms with E-state index in [1.165, 1.54) is 12.1 Å². The minimum Gasteiger partial charge on any atom is -0.278 e. The van der Waals surface area contributed by atoms with E-state index in [9.17, 15) is 4.39 Å². The van der Waals surface area contributed by atoms with Crippen molar-refractivity contribution >= 4 is 21.8 Å². The second-order valence-electron chi connectivity index (χ2n) is 6.46. The molecule has 0 fully saturated rings. The molecule has 4 aromatic rings. The Hall–Kier alpha value is -2.95. The summed E-state index contributed by atoms with van der Waals surface area (Å²) < 4.78 is 15.2. The SMILES string of the molecule is CO[n+]1cc(C(C)C)c(-c2ccc(F)cc2)c2cc3cn[nH]c3cc21. The first-order valence-corrected chi connectivity index (χ1v) is 8.24. The fraction of sp³-hybridized carbons (Fsp3) is 0.200. The van der Waals surface area contributed by atoms with Crippen LogP contribution in [0.5, 0.6) is 0 Å². The summed E-state index contributed by atoms with van der Waals surface area (Å²) in [4.78, 5) is 5.58. The van der Waals surface area contributed by atoms with Crippen LogP contribution in [0.2, 0.25) is 0 Å². The predicted molar refractivity (Wildman–Crippen MR) is 95.8 cm³/mol. The zero-order valence-corrected chi connectivity index (χ0v) is 14.4. The summed E-state index contributed by atoms with van der Waals surface area (Å²) in [7, 11) is 1.65. The number of pyridine rings is 1. The molecule has 0 aliphatic carbocycles. The van der Waals surface area contributed by atoms with Gasteiger partial charge in [0.05, 0.1) is 17.1 Å². The smallest absolute Gasteiger partial charge is 0.267 e. The summed E-state index contributed by atoms with van der Waals surface area (Å²) in [5, 5.41) is 9.20. The van der Waals surface area contributed by atoms with Crippen molar-refractivity contribution in [2.75, 3.05) is 7.11 Å². The van der Waals surface area contributed by atoms with Crippen molar-refractivity contribution in [1.29, 1.82) is 0 Å². The van der Waals surface area contributed by atoms with Gasteiger partial charge in [0.1, 0.15) is 12.9 Å². The average molecular weight is 336 g/mol. The highest BCUT2D eigenvalue weighted by Crippen LogP contribution is 2.35. The number of fused-ring (bicyclic) bond motifs is 2. The molecule has 5 heteroatoms. The van der Waals surface area contributed by atoms with E-state index in [1.54, 1.807) is 11.8 Å². The van der Waals surface area contributed by atoms with Crippen LogP contribution in [0.1, 0.15) is 25.3 Å². The second-order valence-corrected chi connectivity index (χ2v) is 6.46. The molecule has 0 amide bonds. The third-order valence-corrected chi connectivity index (χ3v) is 4.56. The molecular formula is C20H19FN3O+. The molecular weight excluding hydrogens is 317 g/mol. The van der Waals surface area contributed by atoms with Crippen molar-refractivity contribution in [3.05, 3.63) is 60.2 Å². The largest absolute Gasteiger partial charge is 0.278 e. The summed E-state index contributed by atoms with van der Waals surface area (Å²) in [6.45, 7) is 4.29. The van der Waals surface area contributed by atoms with Crippen LogP contribution in [0.15, 0.2) is 48.8 Å². The number of aromatic amines is 1. The lowest BCUT2D eigenvalue weighted by Crippen LogP contribution is -2.41. The van der Waals surface area contributed by atoms with Gasteiger partial charge in [0.15, 0.2) is 0 Å².